The molecule has 0 heterocycles. The highest BCUT2D eigenvalue weighted by atomic mass is 127. The van der Waals surface area contributed by atoms with Gasteiger partial charge in [-0.15, -0.1) is 0 Å². The van der Waals surface area contributed by atoms with Crippen LogP contribution in [-0.4, -0.2) is 12.0 Å². The molecule has 0 fully saturated rings. The molecular weight excluding hydrogens is 521 g/mol. The maximum Gasteiger partial charge on any atom is 0.270 e. The molecule has 0 bridgehead atoms. The Morgan fingerprint density at radius 2 is 1.94 bits per heavy atom. The monoisotopic (exact) mass is 537 g/mol. The summed E-state index contributed by atoms with van der Waals surface area (Å²) in [6.07, 6.45) is 1.64. The number of nitriles is 2. The third-order valence-electron chi connectivity index (χ3n) is 4.56. The molecule has 0 saturated carbocycles. The van der Waals surface area contributed by atoms with Crippen LogP contribution in [-0.2, 0) is 6.61 Å². The lowest BCUT2D eigenvalue weighted by Crippen LogP contribution is -2.02. The van der Waals surface area contributed by atoms with Crippen LogP contribution in [0.4, 0.5) is 5.69 Å². The predicted octanol–water partition coefficient (Wildman–Crippen LogP) is 5.72. The van der Waals surface area contributed by atoms with E-state index < -0.39 is 4.92 Å². The Balaban J connectivity index is 1.93. The molecule has 0 radical (unpaired) electrons. The smallest absolute Gasteiger partial charge is 0.270 e. The number of allylic oxidation sites excluding steroid dienone is 1. The molecule has 0 aliphatic rings. The highest BCUT2D eigenvalue weighted by Crippen LogP contribution is 2.36. The van der Waals surface area contributed by atoms with Gasteiger partial charge in [0.2, 0.25) is 0 Å². The zero-order valence-electron chi connectivity index (χ0n) is 16.9. The fraction of sp³-hybridized carbons (Fsp3) is 0.0833. The van der Waals surface area contributed by atoms with Crippen molar-refractivity contribution < 1.29 is 14.4 Å². The van der Waals surface area contributed by atoms with E-state index in [1.54, 1.807) is 36.4 Å². The minimum Gasteiger partial charge on any atom is -0.493 e. The number of halogens is 1. The van der Waals surface area contributed by atoms with Crippen molar-refractivity contribution in [3.05, 3.63) is 96.6 Å². The van der Waals surface area contributed by atoms with Crippen LogP contribution in [0.25, 0.3) is 11.6 Å². The van der Waals surface area contributed by atoms with Gasteiger partial charge in [-0.1, -0.05) is 30.3 Å². The third kappa shape index (κ3) is 5.23. The Bertz CT molecular complexity index is 1290. The third-order valence-corrected chi connectivity index (χ3v) is 5.36. The molecule has 8 heteroatoms. The Hall–Kier alpha value is -3.89. The van der Waals surface area contributed by atoms with Crippen molar-refractivity contribution in [2.75, 3.05) is 7.11 Å². The number of methoxy groups -OCH3 is 1. The summed E-state index contributed by atoms with van der Waals surface area (Å²) in [6, 6.07) is 20.9. The fourth-order valence-corrected chi connectivity index (χ4v) is 3.78. The summed E-state index contributed by atoms with van der Waals surface area (Å²) in [5.74, 6) is 0.987. The first-order valence-electron chi connectivity index (χ1n) is 9.31. The lowest BCUT2D eigenvalue weighted by atomic mass is 10.0. The molecule has 0 aliphatic heterocycles. The SMILES string of the molecule is COc1cc(/C=C(/C#N)c2cccc([N+](=O)[O-])c2)cc(I)c1OCc1ccccc1C#N. The molecule has 3 aromatic carbocycles. The van der Waals surface area contributed by atoms with Crippen LogP contribution in [0.5, 0.6) is 11.5 Å². The van der Waals surface area contributed by atoms with Gasteiger partial charge >= 0.3 is 0 Å². The minimum absolute atomic E-state index is 0.0859. The molecule has 158 valence electrons. The van der Waals surface area contributed by atoms with Gasteiger partial charge in [-0.25, -0.2) is 0 Å². The van der Waals surface area contributed by atoms with Gasteiger partial charge in [0.05, 0.1) is 38.9 Å². The summed E-state index contributed by atoms with van der Waals surface area (Å²) >= 11 is 2.11. The number of benzene rings is 3. The van der Waals surface area contributed by atoms with Crippen LogP contribution in [0.2, 0.25) is 0 Å². The van der Waals surface area contributed by atoms with E-state index in [-0.39, 0.29) is 17.9 Å². The first-order chi connectivity index (χ1) is 15.5. The van der Waals surface area contributed by atoms with Gasteiger partial charge in [0.1, 0.15) is 6.61 Å². The van der Waals surface area contributed by atoms with Crippen molar-refractivity contribution in [1.29, 1.82) is 10.5 Å². The van der Waals surface area contributed by atoms with E-state index in [1.165, 1.54) is 19.2 Å². The second-order valence-corrected chi connectivity index (χ2v) is 7.73. The van der Waals surface area contributed by atoms with Crippen molar-refractivity contribution in [3.63, 3.8) is 0 Å². The first kappa shape index (κ1) is 22.8. The topological polar surface area (TPSA) is 109 Å². The summed E-state index contributed by atoms with van der Waals surface area (Å²) in [5, 5.41) is 29.9. The number of hydrogen-bond donors (Lipinski definition) is 0. The van der Waals surface area contributed by atoms with Crippen LogP contribution >= 0.6 is 22.6 Å². The summed E-state index contributed by atoms with van der Waals surface area (Å²) in [6.45, 7) is 0.197. The molecule has 0 N–H and O–H groups in total. The number of non-ortho nitro benzene ring substituents is 1. The number of ether oxygens (including phenoxy) is 2. The lowest BCUT2D eigenvalue weighted by Gasteiger charge is -2.14. The Morgan fingerprint density at radius 1 is 1.16 bits per heavy atom. The number of nitro benzene ring substituents is 1. The average Bonchev–Trinajstić information content (AvgIpc) is 2.81. The normalized spacial score (nSPS) is 10.7. The van der Waals surface area contributed by atoms with E-state index in [0.29, 0.717) is 28.2 Å². The zero-order chi connectivity index (χ0) is 23.1. The summed E-state index contributed by atoms with van der Waals surface area (Å²) < 4.78 is 12.2. The number of nitro groups is 1. The van der Waals surface area contributed by atoms with Crippen molar-refractivity contribution in [1.82, 2.24) is 0 Å². The first-order valence-corrected chi connectivity index (χ1v) is 10.4. The van der Waals surface area contributed by atoms with E-state index in [0.717, 1.165) is 9.13 Å². The minimum atomic E-state index is -0.499. The second kappa shape index (κ2) is 10.4. The maximum absolute atomic E-state index is 11.0. The molecular formula is C24H16IN3O4. The highest BCUT2D eigenvalue weighted by Gasteiger charge is 2.14. The molecule has 0 spiro atoms. The largest absolute Gasteiger partial charge is 0.493 e. The average molecular weight is 537 g/mol. The van der Waals surface area contributed by atoms with Gasteiger partial charge in [-0.2, -0.15) is 10.5 Å². The summed E-state index contributed by atoms with van der Waals surface area (Å²) in [7, 11) is 1.51. The van der Waals surface area contributed by atoms with Gasteiger partial charge in [0.15, 0.2) is 11.5 Å². The fourth-order valence-electron chi connectivity index (χ4n) is 3.00. The van der Waals surface area contributed by atoms with Crippen LogP contribution in [0, 0.1) is 36.3 Å². The molecule has 0 aliphatic carbocycles. The van der Waals surface area contributed by atoms with Crippen LogP contribution < -0.4 is 9.47 Å². The number of rotatable bonds is 7. The molecule has 0 saturated heterocycles. The Morgan fingerprint density at radius 3 is 2.62 bits per heavy atom. The van der Waals surface area contributed by atoms with Gasteiger partial charge in [0, 0.05) is 17.7 Å². The Labute approximate surface area is 198 Å². The highest BCUT2D eigenvalue weighted by molar-refractivity contribution is 14.1. The van der Waals surface area contributed by atoms with Crippen LogP contribution in [0.3, 0.4) is 0 Å². The number of nitrogens with zero attached hydrogens (tertiary/aromatic N) is 3. The number of hydrogen-bond acceptors (Lipinski definition) is 6. The predicted molar refractivity (Wildman–Crippen MR) is 128 cm³/mol. The van der Waals surface area contributed by atoms with Gasteiger partial charge in [-0.3, -0.25) is 10.1 Å². The summed E-state index contributed by atoms with van der Waals surface area (Å²) in [5.41, 5.74) is 2.62. The van der Waals surface area contributed by atoms with Crippen molar-refractivity contribution in [2.24, 2.45) is 0 Å². The quantitative estimate of drug-likeness (QED) is 0.125. The van der Waals surface area contributed by atoms with E-state index in [4.69, 9.17) is 9.47 Å². The molecule has 3 rings (SSSR count). The standard InChI is InChI=1S/C24H16IN3O4/c1-31-23-11-16(9-20(14-27)17-7-4-8-21(12-17)28(29)30)10-22(25)24(23)32-15-19-6-3-2-5-18(19)13-26/h2-12H,15H2,1H3/b20-9-. The molecule has 0 unspecified atom stereocenters. The van der Waals surface area contributed by atoms with Crippen molar-refractivity contribution >= 4 is 39.9 Å². The van der Waals surface area contributed by atoms with Gasteiger partial charge in [0.25, 0.3) is 5.69 Å². The van der Waals surface area contributed by atoms with Crippen molar-refractivity contribution in [2.45, 2.75) is 6.61 Å². The van der Waals surface area contributed by atoms with E-state index in [1.807, 2.05) is 18.2 Å². The van der Waals surface area contributed by atoms with Crippen molar-refractivity contribution in [3.8, 4) is 23.6 Å². The maximum atomic E-state index is 11.0. The summed E-state index contributed by atoms with van der Waals surface area (Å²) in [4.78, 5) is 10.5. The molecule has 0 atom stereocenters. The van der Waals surface area contributed by atoms with E-state index in [2.05, 4.69) is 34.7 Å². The van der Waals surface area contributed by atoms with E-state index in [9.17, 15) is 20.6 Å². The van der Waals surface area contributed by atoms with E-state index >= 15 is 0 Å². The lowest BCUT2D eigenvalue weighted by molar-refractivity contribution is -0.384. The van der Waals surface area contributed by atoms with Crippen LogP contribution in [0.15, 0.2) is 60.7 Å². The molecule has 32 heavy (non-hydrogen) atoms. The molecule has 7 nitrogen and oxygen atoms in total. The van der Waals surface area contributed by atoms with Gasteiger partial charge in [-0.05, 0) is 58.0 Å². The molecule has 0 amide bonds. The zero-order valence-corrected chi connectivity index (χ0v) is 19.1. The molecule has 3 aromatic rings. The Kier molecular flexibility index (Phi) is 7.42. The van der Waals surface area contributed by atoms with Crippen LogP contribution in [0.1, 0.15) is 22.3 Å². The van der Waals surface area contributed by atoms with Gasteiger partial charge < -0.3 is 9.47 Å². The second-order valence-electron chi connectivity index (χ2n) is 6.57. The molecule has 0 aromatic heterocycles.